The van der Waals surface area contributed by atoms with Gasteiger partial charge in [-0.25, -0.2) is 4.98 Å². The molecule has 0 aliphatic carbocycles. The quantitative estimate of drug-likeness (QED) is 0.715. The van der Waals surface area contributed by atoms with E-state index in [4.69, 9.17) is 20.9 Å². The van der Waals surface area contributed by atoms with E-state index in [-0.39, 0.29) is 11.6 Å². The molecule has 7 nitrogen and oxygen atoms in total. The summed E-state index contributed by atoms with van der Waals surface area (Å²) >= 11 is 6.04. The maximum Gasteiger partial charge on any atom is 0.274 e. The highest BCUT2D eigenvalue weighted by atomic mass is 35.5. The van der Waals surface area contributed by atoms with Crippen molar-refractivity contribution >= 4 is 34.7 Å². The van der Waals surface area contributed by atoms with Crippen LogP contribution in [0.1, 0.15) is 16.2 Å². The van der Waals surface area contributed by atoms with Gasteiger partial charge in [0, 0.05) is 11.8 Å². The molecular weight excluding hydrogens is 344 g/mol. The Morgan fingerprint density at radius 1 is 1.20 bits per heavy atom. The Kier molecular flexibility index (Phi) is 4.85. The summed E-state index contributed by atoms with van der Waals surface area (Å²) in [5, 5.41) is 10.0. The molecule has 0 saturated heterocycles. The van der Waals surface area contributed by atoms with Gasteiger partial charge in [-0.1, -0.05) is 16.8 Å². The van der Waals surface area contributed by atoms with E-state index >= 15 is 0 Å². The molecule has 0 spiro atoms. The lowest BCUT2D eigenvalue weighted by Gasteiger charge is -2.08. The van der Waals surface area contributed by atoms with Crippen LogP contribution in [0.15, 0.2) is 47.1 Å². The number of benzene rings is 1. The summed E-state index contributed by atoms with van der Waals surface area (Å²) in [5.41, 5.74) is 1.52. The van der Waals surface area contributed by atoms with E-state index < -0.39 is 0 Å². The molecule has 2 heterocycles. The first-order chi connectivity index (χ1) is 12.0. The summed E-state index contributed by atoms with van der Waals surface area (Å²) in [7, 11) is 1.53. The van der Waals surface area contributed by atoms with Gasteiger partial charge in [0.1, 0.15) is 17.2 Å². The van der Waals surface area contributed by atoms with Crippen LogP contribution in [-0.4, -0.2) is 23.2 Å². The number of methoxy groups -OCH3 is 1. The number of rotatable bonds is 5. The number of nitrogens with one attached hydrogen (secondary N) is 2. The lowest BCUT2D eigenvalue weighted by molar-refractivity contribution is 0.102. The average Bonchev–Trinajstić information content (AvgIpc) is 3.00. The van der Waals surface area contributed by atoms with Crippen molar-refractivity contribution in [1.29, 1.82) is 0 Å². The smallest absolute Gasteiger partial charge is 0.274 e. The van der Waals surface area contributed by atoms with Gasteiger partial charge in [0.2, 0.25) is 0 Å². The van der Waals surface area contributed by atoms with Gasteiger partial charge >= 0.3 is 0 Å². The van der Waals surface area contributed by atoms with E-state index in [0.29, 0.717) is 33.7 Å². The number of amides is 1. The number of aromatic nitrogens is 2. The number of aryl methyl sites for hydroxylation is 1. The van der Waals surface area contributed by atoms with Crippen LogP contribution in [-0.2, 0) is 0 Å². The fourth-order valence-corrected chi connectivity index (χ4v) is 2.37. The van der Waals surface area contributed by atoms with E-state index in [0.717, 1.165) is 0 Å². The second-order valence-corrected chi connectivity index (χ2v) is 5.59. The molecule has 0 aliphatic rings. The Bertz CT molecular complexity index is 893. The van der Waals surface area contributed by atoms with Gasteiger partial charge in [-0.15, -0.1) is 0 Å². The normalized spacial score (nSPS) is 10.4. The molecule has 128 valence electrons. The Morgan fingerprint density at radius 3 is 2.60 bits per heavy atom. The highest BCUT2D eigenvalue weighted by molar-refractivity contribution is 6.32. The zero-order chi connectivity index (χ0) is 17.8. The van der Waals surface area contributed by atoms with Gasteiger partial charge < -0.3 is 19.9 Å². The third-order valence-corrected chi connectivity index (χ3v) is 3.60. The molecule has 3 rings (SSSR count). The van der Waals surface area contributed by atoms with Crippen LogP contribution >= 0.6 is 11.6 Å². The van der Waals surface area contributed by atoms with Gasteiger partial charge in [0.15, 0.2) is 5.82 Å². The van der Waals surface area contributed by atoms with E-state index in [1.54, 1.807) is 49.5 Å². The first kappa shape index (κ1) is 16.8. The van der Waals surface area contributed by atoms with E-state index in [1.165, 1.54) is 7.11 Å². The third-order valence-electron chi connectivity index (χ3n) is 3.31. The maximum atomic E-state index is 12.3. The van der Waals surface area contributed by atoms with Crippen molar-refractivity contribution in [2.24, 2.45) is 0 Å². The minimum atomic E-state index is -0.343. The summed E-state index contributed by atoms with van der Waals surface area (Å²) < 4.78 is 10.1. The maximum absolute atomic E-state index is 12.3. The number of pyridine rings is 1. The summed E-state index contributed by atoms with van der Waals surface area (Å²) in [5.74, 6) is 1.47. The van der Waals surface area contributed by atoms with Crippen LogP contribution in [0.4, 0.5) is 17.2 Å². The molecular formula is C17H15ClN4O3. The monoisotopic (exact) mass is 358 g/mol. The van der Waals surface area contributed by atoms with Crippen LogP contribution in [0, 0.1) is 6.92 Å². The number of ether oxygens (including phenoxy) is 1. The first-order valence-electron chi connectivity index (χ1n) is 7.36. The van der Waals surface area contributed by atoms with Crippen molar-refractivity contribution < 1.29 is 14.1 Å². The number of nitrogens with zero attached hydrogens (tertiary/aromatic N) is 2. The van der Waals surface area contributed by atoms with Crippen molar-refractivity contribution in [3.8, 4) is 5.75 Å². The second-order valence-electron chi connectivity index (χ2n) is 5.18. The Labute approximate surface area is 149 Å². The molecule has 2 N–H and O–H groups in total. The molecule has 0 bridgehead atoms. The van der Waals surface area contributed by atoms with Crippen LogP contribution in [0.3, 0.4) is 0 Å². The number of carbonyl (C=O) groups is 1. The molecule has 0 atom stereocenters. The van der Waals surface area contributed by atoms with E-state index in [9.17, 15) is 4.79 Å². The largest absolute Gasteiger partial charge is 0.495 e. The Balaban J connectivity index is 1.67. The van der Waals surface area contributed by atoms with Gasteiger partial charge in [0.25, 0.3) is 5.91 Å². The topological polar surface area (TPSA) is 89.3 Å². The lowest BCUT2D eigenvalue weighted by atomic mass is 10.2. The van der Waals surface area contributed by atoms with Crippen molar-refractivity contribution in [1.82, 2.24) is 10.1 Å². The average molecular weight is 359 g/mol. The molecule has 1 amide bonds. The van der Waals surface area contributed by atoms with Crippen molar-refractivity contribution in [2.75, 3.05) is 17.7 Å². The van der Waals surface area contributed by atoms with Crippen LogP contribution in [0.2, 0.25) is 5.02 Å². The highest BCUT2D eigenvalue weighted by Gasteiger charge is 2.10. The van der Waals surface area contributed by atoms with Gasteiger partial charge in [-0.05, 0) is 37.3 Å². The summed E-state index contributed by atoms with van der Waals surface area (Å²) in [6, 6.07) is 10.1. The lowest BCUT2D eigenvalue weighted by Crippen LogP contribution is -2.13. The molecule has 0 saturated carbocycles. The molecule has 0 radical (unpaired) electrons. The third kappa shape index (κ3) is 4.07. The van der Waals surface area contributed by atoms with Gasteiger partial charge in [0.05, 0.1) is 24.0 Å². The summed E-state index contributed by atoms with van der Waals surface area (Å²) in [4.78, 5) is 16.4. The van der Waals surface area contributed by atoms with Crippen molar-refractivity contribution in [3.63, 3.8) is 0 Å². The van der Waals surface area contributed by atoms with E-state index in [1.807, 2.05) is 0 Å². The van der Waals surface area contributed by atoms with E-state index in [2.05, 4.69) is 20.8 Å². The fourth-order valence-electron chi connectivity index (χ4n) is 2.11. The van der Waals surface area contributed by atoms with Crippen molar-refractivity contribution in [3.05, 3.63) is 59.1 Å². The molecule has 1 aromatic carbocycles. The molecule has 3 aromatic rings. The number of hydrogen-bond donors (Lipinski definition) is 2. The van der Waals surface area contributed by atoms with Gasteiger partial charge in [-0.3, -0.25) is 4.79 Å². The first-order valence-corrected chi connectivity index (χ1v) is 7.74. The Morgan fingerprint density at radius 2 is 2.00 bits per heavy atom. The fraction of sp³-hybridized carbons (Fsp3) is 0.118. The minimum absolute atomic E-state index is 0.272. The number of carbonyl (C=O) groups excluding carboxylic acids is 1. The predicted octanol–water partition coefficient (Wildman–Crippen LogP) is 4.04. The zero-order valence-electron chi connectivity index (χ0n) is 13.5. The summed E-state index contributed by atoms with van der Waals surface area (Å²) in [6.45, 7) is 1.80. The second kappa shape index (κ2) is 7.23. The van der Waals surface area contributed by atoms with Crippen LogP contribution < -0.4 is 15.4 Å². The predicted molar refractivity (Wildman–Crippen MR) is 94.7 cm³/mol. The molecule has 25 heavy (non-hydrogen) atoms. The SMILES string of the molecule is COc1ccc(NC(=O)c2ccc(Nc3cc(C)on3)cn2)cc1Cl. The van der Waals surface area contributed by atoms with Crippen molar-refractivity contribution in [2.45, 2.75) is 6.92 Å². The number of halogens is 1. The van der Waals surface area contributed by atoms with Gasteiger partial charge in [-0.2, -0.15) is 0 Å². The minimum Gasteiger partial charge on any atom is -0.495 e. The number of anilines is 3. The standard InChI is InChI=1S/C17H15ClN4O3/c1-10-7-16(22-25-10)20-12-3-5-14(19-9-12)17(23)21-11-4-6-15(24-2)13(18)8-11/h3-9H,1-2H3,(H,20,22)(H,21,23). The summed E-state index contributed by atoms with van der Waals surface area (Å²) in [6.07, 6.45) is 1.54. The number of hydrogen-bond acceptors (Lipinski definition) is 6. The molecule has 0 fully saturated rings. The Hall–Kier alpha value is -3.06. The zero-order valence-corrected chi connectivity index (χ0v) is 14.3. The molecule has 0 unspecified atom stereocenters. The molecule has 0 aliphatic heterocycles. The highest BCUT2D eigenvalue weighted by Crippen LogP contribution is 2.27. The van der Waals surface area contributed by atoms with Crippen LogP contribution in [0.25, 0.3) is 0 Å². The molecule has 2 aromatic heterocycles. The molecule has 8 heteroatoms. The van der Waals surface area contributed by atoms with Crippen LogP contribution in [0.5, 0.6) is 5.75 Å².